The van der Waals surface area contributed by atoms with Crippen LogP contribution in [0.2, 0.25) is 5.02 Å². The number of rotatable bonds is 4. The van der Waals surface area contributed by atoms with Crippen molar-refractivity contribution in [1.29, 1.82) is 0 Å². The lowest BCUT2D eigenvalue weighted by Crippen LogP contribution is -2.27. The molecule has 0 aliphatic carbocycles. The van der Waals surface area contributed by atoms with E-state index in [4.69, 9.17) is 11.6 Å². The summed E-state index contributed by atoms with van der Waals surface area (Å²) in [5, 5.41) is 20.2. The zero-order chi connectivity index (χ0) is 14.7. The molecule has 0 aliphatic heterocycles. The molecule has 8 heteroatoms. The molecule has 1 aromatic heterocycles. The normalized spacial score (nSPS) is 11.9. The molecule has 0 radical (unpaired) electrons. The number of aromatic nitrogens is 2. The van der Waals surface area contributed by atoms with Crippen molar-refractivity contribution in [3.05, 3.63) is 56.9 Å². The Bertz CT molecular complexity index is 642. The van der Waals surface area contributed by atoms with E-state index in [9.17, 15) is 14.9 Å². The van der Waals surface area contributed by atoms with E-state index >= 15 is 0 Å². The molecule has 2 rings (SSSR count). The fourth-order valence-corrected chi connectivity index (χ4v) is 1.87. The van der Waals surface area contributed by atoms with Crippen molar-refractivity contribution in [2.24, 2.45) is 0 Å². The Hall–Kier alpha value is -2.41. The predicted octanol–water partition coefficient (Wildman–Crippen LogP) is 2.46. The first-order valence-corrected chi connectivity index (χ1v) is 6.10. The molecule has 1 unspecified atom stereocenters. The van der Waals surface area contributed by atoms with Gasteiger partial charge in [-0.25, -0.2) is 0 Å². The summed E-state index contributed by atoms with van der Waals surface area (Å²) in [6.45, 7) is 1.75. The van der Waals surface area contributed by atoms with Gasteiger partial charge in [0, 0.05) is 22.8 Å². The van der Waals surface area contributed by atoms with Crippen LogP contribution >= 0.6 is 11.6 Å². The number of aromatic amines is 1. The second kappa shape index (κ2) is 5.70. The summed E-state index contributed by atoms with van der Waals surface area (Å²) in [6, 6.07) is 3.60. The zero-order valence-corrected chi connectivity index (χ0v) is 11.2. The number of nitrogens with zero attached hydrogens (tertiary/aromatic N) is 2. The van der Waals surface area contributed by atoms with Gasteiger partial charge < -0.3 is 5.32 Å². The van der Waals surface area contributed by atoms with Crippen LogP contribution in [0.3, 0.4) is 0 Å². The molecule has 1 aromatic carbocycles. The molecule has 0 saturated heterocycles. The first kappa shape index (κ1) is 14.0. The molecule has 20 heavy (non-hydrogen) atoms. The minimum atomic E-state index is -0.636. The summed E-state index contributed by atoms with van der Waals surface area (Å²) >= 11 is 5.70. The number of amides is 1. The number of carbonyl (C=O) groups is 1. The Morgan fingerprint density at radius 1 is 1.55 bits per heavy atom. The third kappa shape index (κ3) is 2.94. The number of nitro benzene ring substituents is 1. The first-order chi connectivity index (χ1) is 9.49. The SMILES string of the molecule is CC(NC(=O)c1ccc(Cl)cc1[N+](=O)[O-])c1cn[nH]c1. The van der Waals surface area contributed by atoms with Crippen molar-refractivity contribution in [3.8, 4) is 0 Å². The van der Waals surface area contributed by atoms with Crippen molar-refractivity contribution < 1.29 is 9.72 Å². The lowest BCUT2D eigenvalue weighted by atomic mass is 10.1. The molecule has 7 nitrogen and oxygen atoms in total. The van der Waals surface area contributed by atoms with Gasteiger partial charge in [-0.05, 0) is 19.1 Å². The van der Waals surface area contributed by atoms with Crippen LogP contribution < -0.4 is 5.32 Å². The molecule has 0 saturated carbocycles. The minimum absolute atomic E-state index is 0.0326. The van der Waals surface area contributed by atoms with Crippen LogP contribution in [0.5, 0.6) is 0 Å². The van der Waals surface area contributed by atoms with Crippen molar-refractivity contribution in [2.45, 2.75) is 13.0 Å². The monoisotopic (exact) mass is 294 g/mol. The van der Waals surface area contributed by atoms with Gasteiger partial charge in [0.25, 0.3) is 11.6 Å². The number of carbonyl (C=O) groups excluding carboxylic acids is 1. The smallest absolute Gasteiger partial charge is 0.283 e. The first-order valence-electron chi connectivity index (χ1n) is 5.72. The maximum absolute atomic E-state index is 12.1. The number of benzene rings is 1. The van der Waals surface area contributed by atoms with E-state index in [2.05, 4.69) is 15.5 Å². The Labute approximate surface area is 119 Å². The maximum Gasteiger partial charge on any atom is 0.283 e. The van der Waals surface area contributed by atoms with Crippen molar-refractivity contribution in [3.63, 3.8) is 0 Å². The molecule has 1 heterocycles. The molecule has 2 aromatic rings. The fraction of sp³-hybridized carbons (Fsp3) is 0.167. The highest BCUT2D eigenvalue weighted by atomic mass is 35.5. The zero-order valence-electron chi connectivity index (χ0n) is 10.5. The largest absolute Gasteiger partial charge is 0.345 e. The van der Waals surface area contributed by atoms with Crippen LogP contribution in [0.25, 0.3) is 0 Å². The van der Waals surface area contributed by atoms with E-state index < -0.39 is 10.8 Å². The fourth-order valence-electron chi connectivity index (χ4n) is 1.70. The summed E-state index contributed by atoms with van der Waals surface area (Å²) in [5.41, 5.74) is 0.416. The van der Waals surface area contributed by atoms with Crippen LogP contribution in [0.4, 0.5) is 5.69 Å². The van der Waals surface area contributed by atoms with Gasteiger partial charge >= 0.3 is 0 Å². The number of halogens is 1. The van der Waals surface area contributed by atoms with Gasteiger partial charge in [-0.2, -0.15) is 5.10 Å². The van der Waals surface area contributed by atoms with Crippen molar-refractivity contribution >= 4 is 23.2 Å². The Balaban J connectivity index is 2.23. The third-order valence-corrected chi connectivity index (χ3v) is 3.00. The number of hydrogen-bond donors (Lipinski definition) is 2. The quantitative estimate of drug-likeness (QED) is 0.668. The second-order valence-electron chi connectivity index (χ2n) is 4.15. The van der Waals surface area contributed by atoms with E-state index in [1.807, 2.05) is 0 Å². The van der Waals surface area contributed by atoms with Crippen LogP contribution in [-0.2, 0) is 0 Å². The third-order valence-electron chi connectivity index (χ3n) is 2.77. The number of nitro groups is 1. The van der Waals surface area contributed by atoms with Crippen LogP contribution in [0.15, 0.2) is 30.6 Å². The average Bonchev–Trinajstić information content (AvgIpc) is 2.92. The molecule has 0 bridgehead atoms. The summed E-state index contributed by atoms with van der Waals surface area (Å²) in [6.07, 6.45) is 3.21. The molecular weight excluding hydrogens is 284 g/mol. The number of nitrogens with one attached hydrogen (secondary N) is 2. The molecule has 2 N–H and O–H groups in total. The maximum atomic E-state index is 12.1. The Kier molecular flexibility index (Phi) is 3.99. The predicted molar refractivity (Wildman–Crippen MR) is 72.6 cm³/mol. The van der Waals surface area contributed by atoms with Gasteiger partial charge in [0.15, 0.2) is 0 Å². The molecule has 1 atom stereocenters. The number of hydrogen-bond acceptors (Lipinski definition) is 4. The molecule has 0 fully saturated rings. The highest BCUT2D eigenvalue weighted by Crippen LogP contribution is 2.23. The van der Waals surface area contributed by atoms with Gasteiger partial charge in [-0.1, -0.05) is 11.6 Å². The molecule has 104 valence electrons. The van der Waals surface area contributed by atoms with Crippen molar-refractivity contribution in [1.82, 2.24) is 15.5 Å². The van der Waals surface area contributed by atoms with E-state index in [1.165, 1.54) is 12.1 Å². The standard InChI is InChI=1S/C12H11ClN4O3/c1-7(8-5-14-15-6-8)16-12(18)10-3-2-9(13)4-11(10)17(19)20/h2-7H,1H3,(H,14,15)(H,16,18). The Morgan fingerprint density at radius 2 is 2.30 bits per heavy atom. The topological polar surface area (TPSA) is 101 Å². The summed E-state index contributed by atoms with van der Waals surface area (Å²) in [5.74, 6) is -0.540. The van der Waals surface area contributed by atoms with Gasteiger partial charge in [-0.15, -0.1) is 0 Å². The van der Waals surface area contributed by atoms with Crippen LogP contribution in [0.1, 0.15) is 28.9 Å². The van der Waals surface area contributed by atoms with Gasteiger partial charge in [0.2, 0.25) is 0 Å². The van der Waals surface area contributed by atoms with Gasteiger partial charge in [0.1, 0.15) is 5.56 Å². The van der Waals surface area contributed by atoms with Crippen LogP contribution in [0, 0.1) is 10.1 Å². The average molecular weight is 295 g/mol. The molecule has 0 spiro atoms. The van der Waals surface area contributed by atoms with E-state index in [1.54, 1.807) is 19.3 Å². The van der Waals surface area contributed by atoms with E-state index in [0.717, 1.165) is 11.6 Å². The lowest BCUT2D eigenvalue weighted by molar-refractivity contribution is -0.385. The Morgan fingerprint density at radius 3 is 2.90 bits per heavy atom. The molecule has 0 aliphatic rings. The second-order valence-corrected chi connectivity index (χ2v) is 4.58. The number of H-pyrrole nitrogens is 1. The lowest BCUT2D eigenvalue weighted by Gasteiger charge is -2.12. The van der Waals surface area contributed by atoms with Crippen LogP contribution in [-0.4, -0.2) is 21.0 Å². The van der Waals surface area contributed by atoms with Gasteiger partial charge in [-0.3, -0.25) is 20.0 Å². The van der Waals surface area contributed by atoms with E-state index in [-0.39, 0.29) is 22.3 Å². The highest BCUT2D eigenvalue weighted by Gasteiger charge is 2.22. The molecule has 1 amide bonds. The van der Waals surface area contributed by atoms with E-state index in [0.29, 0.717) is 0 Å². The summed E-state index contributed by atoms with van der Waals surface area (Å²) < 4.78 is 0. The molecular formula is C12H11ClN4O3. The summed E-state index contributed by atoms with van der Waals surface area (Å²) in [7, 11) is 0. The van der Waals surface area contributed by atoms with Gasteiger partial charge in [0.05, 0.1) is 17.2 Å². The highest BCUT2D eigenvalue weighted by molar-refractivity contribution is 6.31. The summed E-state index contributed by atoms with van der Waals surface area (Å²) in [4.78, 5) is 22.4. The van der Waals surface area contributed by atoms with Crippen molar-refractivity contribution in [2.75, 3.05) is 0 Å². The minimum Gasteiger partial charge on any atom is -0.345 e.